The molecular formula is C17H23N3O5. The van der Waals surface area contributed by atoms with E-state index >= 15 is 0 Å². The molecule has 1 fully saturated rings. The SMILES string of the molecule is CNC(=O)C1CCN(C(=O)NCCOc2ccc3c(c2)OCO3)CC1. The second kappa shape index (κ2) is 7.96. The van der Waals surface area contributed by atoms with Crippen molar-refractivity contribution < 1.29 is 23.8 Å². The smallest absolute Gasteiger partial charge is 0.317 e. The average molecular weight is 349 g/mol. The minimum absolute atomic E-state index is 0.00314. The summed E-state index contributed by atoms with van der Waals surface area (Å²) in [5, 5.41) is 5.50. The van der Waals surface area contributed by atoms with Crippen LogP contribution in [0.15, 0.2) is 18.2 Å². The van der Waals surface area contributed by atoms with Crippen molar-refractivity contribution in [2.75, 3.05) is 40.1 Å². The topological polar surface area (TPSA) is 89.1 Å². The number of likely N-dealkylation sites (tertiary alicyclic amines) is 1. The molecule has 0 saturated carbocycles. The van der Waals surface area contributed by atoms with E-state index in [2.05, 4.69) is 10.6 Å². The van der Waals surface area contributed by atoms with Gasteiger partial charge in [-0.3, -0.25) is 4.79 Å². The second-order valence-electron chi connectivity index (χ2n) is 5.97. The number of ether oxygens (including phenoxy) is 3. The molecule has 136 valence electrons. The predicted octanol–water partition coefficient (Wildman–Crippen LogP) is 0.962. The van der Waals surface area contributed by atoms with E-state index in [-0.39, 0.29) is 24.6 Å². The first-order valence-corrected chi connectivity index (χ1v) is 8.44. The van der Waals surface area contributed by atoms with Crippen LogP contribution in [-0.2, 0) is 4.79 Å². The van der Waals surface area contributed by atoms with Gasteiger partial charge in [0.05, 0.1) is 6.54 Å². The maximum Gasteiger partial charge on any atom is 0.317 e. The Morgan fingerprint density at radius 2 is 2.00 bits per heavy atom. The first kappa shape index (κ1) is 17.2. The number of carbonyl (C=O) groups is 2. The third-order valence-corrected chi connectivity index (χ3v) is 4.39. The zero-order valence-corrected chi connectivity index (χ0v) is 14.2. The lowest BCUT2D eigenvalue weighted by Crippen LogP contribution is -2.47. The van der Waals surface area contributed by atoms with Crippen molar-refractivity contribution in [3.63, 3.8) is 0 Å². The summed E-state index contributed by atoms with van der Waals surface area (Å²) < 4.78 is 16.1. The highest BCUT2D eigenvalue weighted by Crippen LogP contribution is 2.34. The number of hydrogen-bond acceptors (Lipinski definition) is 5. The van der Waals surface area contributed by atoms with Crippen molar-refractivity contribution in [2.24, 2.45) is 5.92 Å². The van der Waals surface area contributed by atoms with Crippen LogP contribution in [0.25, 0.3) is 0 Å². The molecule has 8 heteroatoms. The molecule has 1 aromatic rings. The highest BCUT2D eigenvalue weighted by Gasteiger charge is 2.26. The van der Waals surface area contributed by atoms with Gasteiger partial charge in [-0.1, -0.05) is 0 Å². The molecule has 3 amide bonds. The Balaban J connectivity index is 1.35. The summed E-state index contributed by atoms with van der Waals surface area (Å²) in [6.07, 6.45) is 1.39. The van der Waals surface area contributed by atoms with Crippen molar-refractivity contribution >= 4 is 11.9 Å². The van der Waals surface area contributed by atoms with Crippen LogP contribution in [0.3, 0.4) is 0 Å². The standard InChI is InChI=1S/C17H23N3O5/c1-18-16(21)12-4-7-20(8-5-12)17(22)19-6-9-23-13-2-3-14-15(10-13)25-11-24-14/h2-3,10,12H,4-9,11H2,1H3,(H,18,21)(H,19,22). The first-order chi connectivity index (χ1) is 12.2. The maximum atomic E-state index is 12.1. The molecule has 25 heavy (non-hydrogen) atoms. The lowest BCUT2D eigenvalue weighted by Gasteiger charge is -2.31. The summed E-state index contributed by atoms with van der Waals surface area (Å²) in [5.74, 6) is 2.10. The number of nitrogens with one attached hydrogen (secondary N) is 2. The molecule has 0 radical (unpaired) electrons. The second-order valence-corrected chi connectivity index (χ2v) is 5.97. The molecule has 0 spiro atoms. The van der Waals surface area contributed by atoms with Crippen LogP contribution in [0.5, 0.6) is 17.2 Å². The molecule has 2 aliphatic heterocycles. The Morgan fingerprint density at radius 3 is 2.76 bits per heavy atom. The Bertz CT molecular complexity index is 629. The minimum Gasteiger partial charge on any atom is -0.492 e. The Kier molecular flexibility index (Phi) is 5.47. The third kappa shape index (κ3) is 4.26. The van der Waals surface area contributed by atoms with Crippen molar-refractivity contribution in [1.82, 2.24) is 15.5 Å². The van der Waals surface area contributed by atoms with Crippen molar-refractivity contribution in [3.05, 3.63) is 18.2 Å². The van der Waals surface area contributed by atoms with Crippen LogP contribution < -0.4 is 24.8 Å². The molecule has 3 rings (SSSR count). The van der Waals surface area contributed by atoms with Gasteiger partial charge in [0.2, 0.25) is 12.7 Å². The number of benzene rings is 1. The van der Waals surface area contributed by atoms with E-state index in [4.69, 9.17) is 14.2 Å². The van der Waals surface area contributed by atoms with E-state index in [1.54, 1.807) is 30.1 Å². The van der Waals surface area contributed by atoms with Crippen LogP contribution in [0, 0.1) is 5.92 Å². The summed E-state index contributed by atoms with van der Waals surface area (Å²) in [4.78, 5) is 25.5. The number of rotatable bonds is 5. The molecular weight excluding hydrogens is 326 g/mol. The van der Waals surface area contributed by atoms with E-state index < -0.39 is 0 Å². The number of urea groups is 1. The predicted molar refractivity (Wildman–Crippen MR) is 89.8 cm³/mol. The van der Waals surface area contributed by atoms with Crippen LogP contribution in [0.2, 0.25) is 0 Å². The van der Waals surface area contributed by atoms with Gasteiger partial charge in [0, 0.05) is 32.1 Å². The zero-order chi connectivity index (χ0) is 17.6. The van der Waals surface area contributed by atoms with Gasteiger partial charge in [-0.15, -0.1) is 0 Å². The van der Waals surface area contributed by atoms with E-state index in [1.807, 2.05) is 0 Å². The third-order valence-electron chi connectivity index (χ3n) is 4.39. The summed E-state index contributed by atoms with van der Waals surface area (Å²) in [6.45, 7) is 2.17. The Hall–Kier alpha value is -2.64. The fourth-order valence-corrected chi connectivity index (χ4v) is 2.95. The number of nitrogens with zero attached hydrogens (tertiary/aromatic N) is 1. The van der Waals surface area contributed by atoms with Crippen LogP contribution >= 0.6 is 0 Å². The summed E-state index contributed by atoms with van der Waals surface area (Å²) in [7, 11) is 1.64. The van der Waals surface area contributed by atoms with Crippen molar-refractivity contribution in [2.45, 2.75) is 12.8 Å². The summed E-state index contributed by atoms with van der Waals surface area (Å²) in [6, 6.07) is 5.25. The fourth-order valence-electron chi connectivity index (χ4n) is 2.95. The lowest BCUT2D eigenvalue weighted by atomic mass is 9.96. The van der Waals surface area contributed by atoms with Gasteiger partial charge in [0.25, 0.3) is 0 Å². The molecule has 8 nitrogen and oxygen atoms in total. The lowest BCUT2D eigenvalue weighted by molar-refractivity contribution is -0.125. The molecule has 0 bridgehead atoms. The molecule has 1 aromatic carbocycles. The van der Waals surface area contributed by atoms with Crippen LogP contribution in [0.1, 0.15) is 12.8 Å². The molecule has 1 saturated heterocycles. The molecule has 0 aromatic heterocycles. The van der Waals surface area contributed by atoms with E-state index in [9.17, 15) is 9.59 Å². The quantitative estimate of drug-likeness (QED) is 0.773. The summed E-state index contributed by atoms with van der Waals surface area (Å²) in [5.41, 5.74) is 0. The Labute approximate surface area is 146 Å². The van der Waals surface area contributed by atoms with Gasteiger partial charge in [-0.05, 0) is 25.0 Å². The Morgan fingerprint density at radius 1 is 1.24 bits per heavy atom. The van der Waals surface area contributed by atoms with E-state index in [1.165, 1.54) is 0 Å². The van der Waals surface area contributed by atoms with Crippen molar-refractivity contribution in [3.8, 4) is 17.2 Å². The van der Waals surface area contributed by atoms with Gasteiger partial charge in [0.1, 0.15) is 12.4 Å². The fraction of sp³-hybridized carbons (Fsp3) is 0.529. The number of amides is 3. The number of fused-ring (bicyclic) bond motifs is 1. The number of hydrogen-bond donors (Lipinski definition) is 2. The van der Waals surface area contributed by atoms with Gasteiger partial charge < -0.3 is 29.7 Å². The molecule has 2 heterocycles. The highest BCUT2D eigenvalue weighted by atomic mass is 16.7. The molecule has 2 N–H and O–H groups in total. The minimum atomic E-state index is -0.121. The van der Waals surface area contributed by atoms with E-state index in [0.29, 0.717) is 56.3 Å². The monoisotopic (exact) mass is 349 g/mol. The summed E-state index contributed by atoms with van der Waals surface area (Å²) >= 11 is 0. The van der Waals surface area contributed by atoms with Gasteiger partial charge in [0.15, 0.2) is 11.5 Å². The molecule has 2 aliphatic rings. The molecule has 0 atom stereocenters. The number of piperidine rings is 1. The zero-order valence-electron chi connectivity index (χ0n) is 14.2. The normalized spacial score (nSPS) is 16.4. The van der Waals surface area contributed by atoms with Gasteiger partial charge >= 0.3 is 6.03 Å². The van der Waals surface area contributed by atoms with Crippen LogP contribution in [0.4, 0.5) is 4.79 Å². The van der Waals surface area contributed by atoms with Crippen molar-refractivity contribution in [1.29, 1.82) is 0 Å². The average Bonchev–Trinajstić information content (AvgIpc) is 3.12. The number of carbonyl (C=O) groups excluding carboxylic acids is 2. The first-order valence-electron chi connectivity index (χ1n) is 8.44. The van der Waals surface area contributed by atoms with E-state index in [0.717, 1.165) is 0 Å². The van der Waals surface area contributed by atoms with Gasteiger partial charge in [-0.2, -0.15) is 0 Å². The van der Waals surface area contributed by atoms with Crippen LogP contribution in [-0.4, -0.2) is 56.9 Å². The molecule has 0 aliphatic carbocycles. The molecule has 0 unspecified atom stereocenters. The highest BCUT2D eigenvalue weighted by molar-refractivity contribution is 5.79. The van der Waals surface area contributed by atoms with Gasteiger partial charge in [-0.25, -0.2) is 4.79 Å². The maximum absolute atomic E-state index is 12.1. The largest absolute Gasteiger partial charge is 0.492 e.